The Kier molecular flexibility index (Phi) is 4.73. The average molecular weight is 326 g/mol. The number of nitrogens with zero attached hydrogens (tertiary/aromatic N) is 4. The van der Waals surface area contributed by atoms with Crippen molar-refractivity contribution in [3.63, 3.8) is 0 Å². The van der Waals surface area contributed by atoms with Crippen molar-refractivity contribution in [2.45, 2.75) is 26.9 Å². The van der Waals surface area contributed by atoms with E-state index in [1.807, 2.05) is 32.0 Å². The number of nitrogens with one attached hydrogen (secondary N) is 1. The number of hydrogen-bond donors (Lipinski definition) is 1. The highest BCUT2D eigenvalue weighted by molar-refractivity contribution is 9.10. The zero-order valence-corrected chi connectivity index (χ0v) is 12.5. The Bertz CT molecular complexity index is 543. The van der Waals surface area contributed by atoms with Crippen LogP contribution in [0.2, 0.25) is 0 Å². The second-order valence-electron chi connectivity index (χ2n) is 3.87. The molecule has 0 bridgehead atoms. The highest BCUT2D eigenvalue weighted by Gasteiger charge is 2.05. The van der Waals surface area contributed by atoms with Gasteiger partial charge in [0.1, 0.15) is 5.75 Å². The highest BCUT2D eigenvalue weighted by atomic mass is 79.9. The maximum absolute atomic E-state index is 5.47. The van der Waals surface area contributed by atoms with Crippen LogP contribution in [-0.2, 0) is 13.1 Å². The maximum Gasteiger partial charge on any atom is 0.243 e. The van der Waals surface area contributed by atoms with E-state index in [0.29, 0.717) is 19.1 Å². The summed E-state index contributed by atoms with van der Waals surface area (Å²) in [6, 6.07) is 5.99. The van der Waals surface area contributed by atoms with Gasteiger partial charge in [-0.25, -0.2) is 4.68 Å². The third-order valence-corrected chi connectivity index (χ3v) is 3.20. The molecule has 0 atom stereocenters. The molecule has 0 amide bonds. The molecule has 1 N–H and O–H groups in total. The Balaban J connectivity index is 2.02. The first-order valence-corrected chi connectivity index (χ1v) is 6.95. The number of rotatable bonds is 6. The zero-order valence-electron chi connectivity index (χ0n) is 10.9. The molecule has 6 nitrogen and oxygen atoms in total. The summed E-state index contributed by atoms with van der Waals surface area (Å²) in [6.45, 7) is 6.01. The molecule has 0 saturated carbocycles. The van der Waals surface area contributed by atoms with Gasteiger partial charge in [0, 0.05) is 13.1 Å². The lowest BCUT2D eigenvalue weighted by Crippen LogP contribution is -2.07. The third kappa shape index (κ3) is 3.44. The molecule has 1 aromatic carbocycles. The molecule has 0 saturated heterocycles. The predicted octanol–water partition coefficient (Wildman–Crippen LogP) is 2.47. The molecule has 0 fully saturated rings. The summed E-state index contributed by atoms with van der Waals surface area (Å²) in [5.74, 6) is 1.53. The van der Waals surface area contributed by atoms with Crippen molar-refractivity contribution in [3.05, 3.63) is 28.2 Å². The van der Waals surface area contributed by atoms with Gasteiger partial charge in [0.2, 0.25) is 5.95 Å². The van der Waals surface area contributed by atoms with Crippen molar-refractivity contribution in [1.82, 2.24) is 20.2 Å². The molecule has 19 heavy (non-hydrogen) atoms. The second kappa shape index (κ2) is 6.51. The first kappa shape index (κ1) is 13.8. The van der Waals surface area contributed by atoms with E-state index in [0.717, 1.165) is 22.3 Å². The minimum atomic E-state index is 0.654. The molecule has 2 rings (SSSR count). The number of anilines is 1. The Morgan fingerprint density at radius 1 is 1.37 bits per heavy atom. The van der Waals surface area contributed by atoms with Crippen LogP contribution in [0, 0.1) is 0 Å². The molecule has 1 aromatic heterocycles. The average Bonchev–Trinajstić information content (AvgIpc) is 2.87. The first-order chi connectivity index (χ1) is 9.24. The van der Waals surface area contributed by atoms with Crippen LogP contribution in [-0.4, -0.2) is 26.8 Å². The van der Waals surface area contributed by atoms with E-state index >= 15 is 0 Å². The summed E-state index contributed by atoms with van der Waals surface area (Å²) in [7, 11) is 0. The number of hydrogen-bond acceptors (Lipinski definition) is 5. The van der Waals surface area contributed by atoms with Crippen LogP contribution in [0.5, 0.6) is 5.75 Å². The minimum Gasteiger partial charge on any atom is -0.493 e. The first-order valence-electron chi connectivity index (χ1n) is 6.15. The van der Waals surface area contributed by atoms with Crippen LogP contribution in [0.3, 0.4) is 0 Å². The minimum absolute atomic E-state index is 0.654. The summed E-state index contributed by atoms with van der Waals surface area (Å²) < 4.78 is 8.13. The number of ether oxygens (including phenoxy) is 1. The number of halogens is 1. The van der Waals surface area contributed by atoms with Crippen LogP contribution in [0.15, 0.2) is 22.7 Å². The van der Waals surface area contributed by atoms with Crippen molar-refractivity contribution < 1.29 is 4.74 Å². The van der Waals surface area contributed by atoms with Gasteiger partial charge in [-0.3, -0.25) is 0 Å². The number of benzene rings is 1. The SMILES string of the molecule is CCOc1ccc(CNc2nnnn2CC)cc1Br. The zero-order chi connectivity index (χ0) is 13.7. The van der Waals surface area contributed by atoms with Crippen molar-refractivity contribution in [2.24, 2.45) is 0 Å². The monoisotopic (exact) mass is 325 g/mol. The van der Waals surface area contributed by atoms with Gasteiger partial charge in [-0.2, -0.15) is 0 Å². The van der Waals surface area contributed by atoms with E-state index in [9.17, 15) is 0 Å². The molecule has 0 spiro atoms. The number of tetrazole rings is 1. The fraction of sp³-hybridized carbons (Fsp3) is 0.417. The van der Waals surface area contributed by atoms with E-state index < -0.39 is 0 Å². The summed E-state index contributed by atoms with van der Waals surface area (Å²) in [4.78, 5) is 0. The molecule has 2 aromatic rings. The van der Waals surface area contributed by atoms with Gasteiger partial charge < -0.3 is 10.1 Å². The highest BCUT2D eigenvalue weighted by Crippen LogP contribution is 2.26. The quantitative estimate of drug-likeness (QED) is 0.883. The third-order valence-electron chi connectivity index (χ3n) is 2.58. The van der Waals surface area contributed by atoms with Crippen molar-refractivity contribution in [3.8, 4) is 5.75 Å². The lowest BCUT2D eigenvalue weighted by Gasteiger charge is -2.09. The van der Waals surface area contributed by atoms with Gasteiger partial charge in [0.15, 0.2) is 0 Å². The van der Waals surface area contributed by atoms with Gasteiger partial charge in [-0.05, 0) is 57.9 Å². The van der Waals surface area contributed by atoms with Gasteiger partial charge in [-0.15, -0.1) is 0 Å². The predicted molar refractivity (Wildman–Crippen MR) is 76.1 cm³/mol. The number of aryl methyl sites for hydroxylation is 1. The summed E-state index contributed by atoms with van der Waals surface area (Å²) >= 11 is 3.50. The molecule has 0 aliphatic heterocycles. The van der Waals surface area contributed by atoms with E-state index in [-0.39, 0.29) is 0 Å². The molecular weight excluding hydrogens is 310 g/mol. The van der Waals surface area contributed by atoms with Crippen LogP contribution >= 0.6 is 15.9 Å². The largest absolute Gasteiger partial charge is 0.493 e. The van der Waals surface area contributed by atoms with Gasteiger partial charge in [0.05, 0.1) is 11.1 Å². The number of aromatic nitrogens is 4. The Morgan fingerprint density at radius 2 is 2.21 bits per heavy atom. The van der Waals surface area contributed by atoms with Crippen LogP contribution in [0.1, 0.15) is 19.4 Å². The van der Waals surface area contributed by atoms with Gasteiger partial charge in [0.25, 0.3) is 0 Å². The molecule has 7 heteroatoms. The summed E-state index contributed by atoms with van der Waals surface area (Å²) in [6.07, 6.45) is 0. The molecule has 0 unspecified atom stereocenters. The standard InChI is InChI=1S/C12H16BrN5O/c1-3-18-12(15-16-17-18)14-8-9-5-6-11(19-4-2)10(13)7-9/h5-7H,3-4,8H2,1-2H3,(H,14,15,17). The normalized spacial score (nSPS) is 10.5. The molecule has 102 valence electrons. The molecule has 0 aliphatic rings. The van der Waals surface area contributed by atoms with Gasteiger partial charge in [-0.1, -0.05) is 11.2 Å². The lowest BCUT2D eigenvalue weighted by atomic mass is 10.2. The molecule has 1 heterocycles. The molecular formula is C12H16BrN5O. The second-order valence-corrected chi connectivity index (χ2v) is 4.72. The van der Waals surface area contributed by atoms with Crippen molar-refractivity contribution in [1.29, 1.82) is 0 Å². The van der Waals surface area contributed by atoms with Crippen LogP contribution < -0.4 is 10.1 Å². The smallest absolute Gasteiger partial charge is 0.243 e. The van der Waals surface area contributed by atoms with E-state index in [2.05, 4.69) is 36.8 Å². The Morgan fingerprint density at radius 3 is 2.89 bits per heavy atom. The fourth-order valence-electron chi connectivity index (χ4n) is 1.65. The van der Waals surface area contributed by atoms with E-state index in [1.165, 1.54) is 0 Å². The van der Waals surface area contributed by atoms with Crippen molar-refractivity contribution >= 4 is 21.9 Å². The molecule has 0 radical (unpaired) electrons. The Hall–Kier alpha value is -1.63. The summed E-state index contributed by atoms with van der Waals surface area (Å²) in [5, 5.41) is 14.6. The maximum atomic E-state index is 5.47. The molecule has 0 aliphatic carbocycles. The van der Waals surface area contributed by atoms with Crippen LogP contribution in [0.4, 0.5) is 5.95 Å². The van der Waals surface area contributed by atoms with Crippen LogP contribution in [0.25, 0.3) is 0 Å². The van der Waals surface area contributed by atoms with E-state index in [4.69, 9.17) is 4.74 Å². The van der Waals surface area contributed by atoms with Crippen molar-refractivity contribution in [2.75, 3.05) is 11.9 Å². The fourth-order valence-corrected chi connectivity index (χ4v) is 2.19. The Labute approximate surface area is 120 Å². The van der Waals surface area contributed by atoms with E-state index in [1.54, 1.807) is 4.68 Å². The lowest BCUT2D eigenvalue weighted by molar-refractivity contribution is 0.338. The van der Waals surface area contributed by atoms with Gasteiger partial charge >= 0.3 is 0 Å². The topological polar surface area (TPSA) is 64.9 Å². The summed E-state index contributed by atoms with van der Waals surface area (Å²) in [5.41, 5.74) is 1.13.